The SMILES string of the molecule is CCN(C)C[C@H](C)c1nc2c([nH]1)CCCNC2=O. The van der Waals surface area contributed by atoms with E-state index >= 15 is 0 Å². The Morgan fingerprint density at radius 1 is 1.50 bits per heavy atom. The minimum Gasteiger partial charge on any atom is -0.351 e. The van der Waals surface area contributed by atoms with Crippen molar-refractivity contribution in [2.45, 2.75) is 32.6 Å². The fourth-order valence-electron chi connectivity index (χ4n) is 2.27. The zero-order valence-electron chi connectivity index (χ0n) is 11.4. The van der Waals surface area contributed by atoms with Gasteiger partial charge in [0.15, 0.2) is 0 Å². The summed E-state index contributed by atoms with van der Waals surface area (Å²) < 4.78 is 0. The average Bonchev–Trinajstić information content (AvgIpc) is 2.71. The van der Waals surface area contributed by atoms with E-state index in [1.165, 1.54) is 0 Å². The summed E-state index contributed by atoms with van der Waals surface area (Å²) in [6, 6.07) is 0. The van der Waals surface area contributed by atoms with Crippen LogP contribution in [0.3, 0.4) is 0 Å². The quantitative estimate of drug-likeness (QED) is 0.842. The molecule has 1 amide bonds. The lowest BCUT2D eigenvalue weighted by Crippen LogP contribution is -2.24. The molecule has 2 N–H and O–H groups in total. The molecular weight excluding hydrogens is 228 g/mol. The molecule has 5 heteroatoms. The summed E-state index contributed by atoms with van der Waals surface area (Å²) in [5.74, 6) is 1.20. The monoisotopic (exact) mass is 250 g/mol. The number of likely N-dealkylation sites (N-methyl/N-ethyl adjacent to an activating group) is 1. The van der Waals surface area contributed by atoms with Crippen LogP contribution >= 0.6 is 0 Å². The molecule has 100 valence electrons. The Morgan fingerprint density at radius 3 is 3.00 bits per heavy atom. The predicted octanol–water partition coefficient (Wildman–Crippen LogP) is 1.14. The highest BCUT2D eigenvalue weighted by Gasteiger charge is 2.22. The third kappa shape index (κ3) is 2.72. The van der Waals surface area contributed by atoms with Gasteiger partial charge in [0.05, 0.1) is 0 Å². The number of fused-ring (bicyclic) bond motifs is 1. The molecule has 0 radical (unpaired) electrons. The largest absolute Gasteiger partial charge is 0.351 e. The van der Waals surface area contributed by atoms with E-state index in [1.807, 2.05) is 0 Å². The Hall–Kier alpha value is -1.36. The van der Waals surface area contributed by atoms with Gasteiger partial charge in [-0.1, -0.05) is 13.8 Å². The maximum absolute atomic E-state index is 11.8. The number of nitrogens with zero attached hydrogens (tertiary/aromatic N) is 2. The summed E-state index contributed by atoms with van der Waals surface area (Å²) in [4.78, 5) is 21.9. The topological polar surface area (TPSA) is 61.0 Å². The molecule has 1 aliphatic rings. The Bertz CT molecular complexity index is 427. The van der Waals surface area contributed by atoms with Gasteiger partial charge >= 0.3 is 0 Å². The van der Waals surface area contributed by atoms with Gasteiger partial charge in [0.25, 0.3) is 5.91 Å². The van der Waals surface area contributed by atoms with Crippen LogP contribution in [-0.2, 0) is 6.42 Å². The molecule has 1 aromatic heterocycles. The van der Waals surface area contributed by atoms with Gasteiger partial charge in [0, 0.05) is 24.7 Å². The number of rotatable bonds is 4. The van der Waals surface area contributed by atoms with Gasteiger partial charge in [-0.25, -0.2) is 4.98 Å². The number of nitrogens with one attached hydrogen (secondary N) is 2. The highest BCUT2D eigenvalue weighted by atomic mass is 16.1. The lowest BCUT2D eigenvalue weighted by atomic mass is 10.1. The Kier molecular flexibility index (Phi) is 4.01. The zero-order chi connectivity index (χ0) is 13.1. The molecule has 0 saturated carbocycles. The summed E-state index contributed by atoms with van der Waals surface area (Å²) in [6.07, 6.45) is 1.88. The van der Waals surface area contributed by atoms with E-state index in [0.29, 0.717) is 11.6 Å². The van der Waals surface area contributed by atoms with Gasteiger partial charge in [-0.05, 0) is 26.4 Å². The molecule has 2 rings (SSSR count). The fraction of sp³-hybridized carbons (Fsp3) is 0.692. The van der Waals surface area contributed by atoms with Crippen molar-refractivity contribution in [3.63, 3.8) is 0 Å². The van der Waals surface area contributed by atoms with Crippen LogP contribution in [0.2, 0.25) is 0 Å². The van der Waals surface area contributed by atoms with E-state index in [-0.39, 0.29) is 5.91 Å². The molecule has 1 aliphatic heterocycles. The Morgan fingerprint density at radius 2 is 2.28 bits per heavy atom. The molecule has 0 fully saturated rings. The molecule has 0 unspecified atom stereocenters. The molecule has 0 bridgehead atoms. The number of aromatic amines is 1. The number of amides is 1. The smallest absolute Gasteiger partial charge is 0.271 e. The Labute approximate surface area is 108 Å². The van der Waals surface area contributed by atoms with Crippen LogP contribution in [0, 0.1) is 0 Å². The average molecular weight is 250 g/mol. The number of carbonyl (C=O) groups excluding carboxylic acids is 1. The van der Waals surface area contributed by atoms with Crippen LogP contribution in [0.5, 0.6) is 0 Å². The normalized spacial score (nSPS) is 17.2. The van der Waals surface area contributed by atoms with Gasteiger partial charge in [0.1, 0.15) is 11.5 Å². The zero-order valence-corrected chi connectivity index (χ0v) is 11.4. The van der Waals surface area contributed by atoms with Crippen molar-refractivity contribution in [2.75, 3.05) is 26.7 Å². The molecule has 5 nitrogen and oxygen atoms in total. The summed E-state index contributed by atoms with van der Waals surface area (Å²) >= 11 is 0. The molecule has 0 spiro atoms. The minimum absolute atomic E-state index is 0.0407. The van der Waals surface area contributed by atoms with Gasteiger partial charge in [0.2, 0.25) is 0 Å². The van der Waals surface area contributed by atoms with Crippen LogP contribution in [0.4, 0.5) is 0 Å². The van der Waals surface area contributed by atoms with E-state index in [9.17, 15) is 4.79 Å². The molecule has 0 aliphatic carbocycles. The number of H-pyrrole nitrogens is 1. The molecule has 2 heterocycles. The number of aromatic nitrogens is 2. The minimum atomic E-state index is -0.0407. The van der Waals surface area contributed by atoms with Crippen LogP contribution < -0.4 is 5.32 Å². The second-order valence-electron chi connectivity index (χ2n) is 5.06. The molecule has 18 heavy (non-hydrogen) atoms. The summed E-state index contributed by atoms with van der Waals surface area (Å²) in [5, 5.41) is 2.87. The van der Waals surface area contributed by atoms with Crippen molar-refractivity contribution in [3.05, 3.63) is 17.2 Å². The lowest BCUT2D eigenvalue weighted by Gasteiger charge is -2.17. The number of hydrogen-bond acceptors (Lipinski definition) is 3. The van der Waals surface area contributed by atoms with Gasteiger partial charge in [-0.15, -0.1) is 0 Å². The number of imidazole rings is 1. The van der Waals surface area contributed by atoms with Crippen molar-refractivity contribution in [1.29, 1.82) is 0 Å². The first-order valence-corrected chi connectivity index (χ1v) is 6.67. The van der Waals surface area contributed by atoms with Crippen molar-refractivity contribution >= 4 is 5.91 Å². The number of carbonyl (C=O) groups is 1. The van der Waals surface area contributed by atoms with Crippen LogP contribution in [0.15, 0.2) is 0 Å². The first-order valence-electron chi connectivity index (χ1n) is 6.67. The maximum Gasteiger partial charge on any atom is 0.271 e. The maximum atomic E-state index is 11.8. The van der Waals surface area contributed by atoms with Crippen LogP contribution in [0.25, 0.3) is 0 Å². The van der Waals surface area contributed by atoms with E-state index < -0.39 is 0 Å². The highest BCUT2D eigenvalue weighted by molar-refractivity contribution is 5.93. The van der Waals surface area contributed by atoms with Crippen molar-refractivity contribution in [1.82, 2.24) is 20.2 Å². The summed E-state index contributed by atoms with van der Waals surface area (Å²) in [6.45, 7) is 6.99. The first-order chi connectivity index (χ1) is 8.61. The number of hydrogen-bond donors (Lipinski definition) is 2. The second-order valence-corrected chi connectivity index (χ2v) is 5.06. The van der Waals surface area contributed by atoms with E-state index in [0.717, 1.165) is 44.0 Å². The van der Waals surface area contributed by atoms with Gasteiger partial charge < -0.3 is 15.2 Å². The van der Waals surface area contributed by atoms with Gasteiger partial charge in [-0.2, -0.15) is 0 Å². The lowest BCUT2D eigenvalue weighted by molar-refractivity contribution is 0.0951. The van der Waals surface area contributed by atoms with Crippen molar-refractivity contribution in [3.8, 4) is 0 Å². The fourth-order valence-corrected chi connectivity index (χ4v) is 2.27. The third-order valence-electron chi connectivity index (χ3n) is 3.49. The van der Waals surface area contributed by atoms with Gasteiger partial charge in [-0.3, -0.25) is 4.79 Å². The Balaban J connectivity index is 2.16. The molecule has 0 saturated heterocycles. The molecule has 1 aromatic rings. The number of aryl methyl sites for hydroxylation is 1. The predicted molar refractivity (Wildman–Crippen MR) is 70.8 cm³/mol. The van der Waals surface area contributed by atoms with Crippen molar-refractivity contribution < 1.29 is 4.79 Å². The molecule has 0 aromatic carbocycles. The van der Waals surface area contributed by atoms with Crippen molar-refractivity contribution in [2.24, 2.45) is 0 Å². The van der Waals surface area contributed by atoms with E-state index in [1.54, 1.807) is 0 Å². The van der Waals surface area contributed by atoms with E-state index in [2.05, 4.69) is 41.1 Å². The molecule has 1 atom stereocenters. The standard InChI is InChI=1S/C13H22N4O/c1-4-17(3)8-9(2)12-15-10-6-5-7-14-13(18)11(10)16-12/h9H,4-8H2,1-3H3,(H,14,18)(H,15,16)/t9-/m0/s1. The first kappa shape index (κ1) is 13.1. The third-order valence-corrected chi connectivity index (χ3v) is 3.49. The summed E-state index contributed by atoms with van der Waals surface area (Å²) in [7, 11) is 2.09. The van der Waals surface area contributed by atoms with Crippen LogP contribution in [0.1, 0.15) is 48.2 Å². The summed E-state index contributed by atoms with van der Waals surface area (Å²) in [5.41, 5.74) is 1.58. The second kappa shape index (κ2) is 5.52. The van der Waals surface area contributed by atoms with E-state index in [4.69, 9.17) is 0 Å². The molecular formula is C13H22N4O. The van der Waals surface area contributed by atoms with Crippen LogP contribution in [-0.4, -0.2) is 47.5 Å². The highest BCUT2D eigenvalue weighted by Crippen LogP contribution is 2.18.